The van der Waals surface area contributed by atoms with E-state index in [1.54, 1.807) is 18.7 Å². The van der Waals surface area contributed by atoms with Crippen molar-refractivity contribution >= 4 is 44.6 Å². The third kappa shape index (κ3) is 4.00. The minimum atomic E-state index is -0.608. The number of hydrogen-bond acceptors (Lipinski definition) is 4. The van der Waals surface area contributed by atoms with Crippen LogP contribution in [0.4, 0.5) is 0 Å². The summed E-state index contributed by atoms with van der Waals surface area (Å²) >= 11 is 3.43. The molecule has 2 heterocycles. The van der Waals surface area contributed by atoms with Gasteiger partial charge in [0.15, 0.2) is 5.76 Å². The summed E-state index contributed by atoms with van der Waals surface area (Å²) in [6.45, 7) is 6.83. The summed E-state index contributed by atoms with van der Waals surface area (Å²) in [7, 11) is 0. The van der Waals surface area contributed by atoms with Crippen molar-refractivity contribution in [3.8, 4) is 0 Å². The predicted octanol–water partition coefficient (Wildman–Crippen LogP) is 2.31. The van der Waals surface area contributed by atoms with Crippen LogP contribution in [0, 0.1) is 6.92 Å². The Kier molecular flexibility index (Phi) is 5.55. The van der Waals surface area contributed by atoms with Crippen molar-refractivity contribution < 1.29 is 18.8 Å². The molecule has 1 fully saturated rings. The molecule has 144 valence electrons. The Balaban J connectivity index is 1.68. The van der Waals surface area contributed by atoms with Crippen LogP contribution in [0.1, 0.15) is 30.0 Å². The molecule has 0 atom stereocenters. The summed E-state index contributed by atoms with van der Waals surface area (Å²) in [4.78, 5) is 40.0. The summed E-state index contributed by atoms with van der Waals surface area (Å²) in [5, 5.41) is 3.49. The molecule has 1 aliphatic rings. The Morgan fingerprint density at radius 2 is 1.74 bits per heavy atom. The fourth-order valence-electron chi connectivity index (χ4n) is 3.12. The van der Waals surface area contributed by atoms with E-state index in [0.29, 0.717) is 37.5 Å². The number of aryl methyl sites for hydroxylation is 1. The van der Waals surface area contributed by atoms with E-state index in [9.17, 15) is 14.4 Å². The number of carbonyl (C=O) groups is 3. The van der Waals surface area contributed by atoms with E-state index in [2.05, 4.69) is 21.2 Å². The highest BCUT2D eigenvalue weighted by molar-refractivity contribution is 9.10. The van der Waals surface area contributed by atoms with E-state index in [0.717, 1.165) is 15.4 Å². The molecule has 0 radical (unpaired) electrons. The highest BCUT2D eigenvalue weighted by atomic mass is 79.9. The van der Waals surface area contributed by atoms with Crippen molar-refractivity contribution in [2.24, 2.45) is 0 Å². The van der Waals surface area contributed by atoms with Gasteiger partial charge in [0, 0.05) is 47.6 Å². The SMILES string of the molecule is Cc1c(C(=O)N2CCN(C(=O)C(=O)NC(C)C)CC2)oc2ccc(Br)cc12. The molecule has 0 bridgehead atoms. The number of hydrogen-bond donors (Lipinski definition) is 1. The van der Waals surface area contributed by atoms with E-state index >= 15 is 0 Å². The van der Waals surface area contributed by atoms with Crippen molar-refractivity contribution in [1.82, 2.24) is 15.1 Å². The third-order valence-electron chi connectivity index (χ3n) is 4.56. The van der Waals surface area contributed by atoms with Gasteiger partial charge in [-0.15, -0.1) is 0 Å². The summed E-state index contributed by atoms with van der Waals surface area (Å²) in [6, 6.07) is 5.52. The van der Waals surface area contributed by atoms with Crippen LogP contribution in [0.3, 0.4) is 0 Å². The van der Waals surface area contributed by atoms with Gasteiger partial charge >= 0.3 is 11.8 Å². The van der Waals surface area contributed by atoms with E-state index < -0.39 is 11.8 Å². The Bertz CT molecular complexity index is 898. The number of amides is 3. The zero-order valence-corrected chi connectivity index (χ0v) is 17.1. The molecule has 1 aromatic heterocycles. The first kappa shape index (κ1) is 19.4. The van der Waals surface area contributed by atoms with Gasteiger partial charge in [-0.25, -0.2) is 0 Å². The van der Waals surface area contributed by atoms with E-state index in [4.69, 9.17) is 4.42 Å². The van der Waals surface area contributed by atoms with Gasteiger partial charge in [-0.2, -0.15) is 0 Å². The van der Waals surface area contributed by atoms with Gasteiger partial charge in [0.2, 0.25) is 0 Å². The first-order chi connectivity index (χ1) is 12.8. The number of halogens is 1. The number of nitrogens with one attached hydrogen (secondary N) is 1. The molecule has 3 rings (SSSR count). The Labute approximate surface area is 165 Å². The van der Waals surface area contributed by atoms with Crippen LogP contribution in [-0.4, -0.2) is 59.7 Å². The van der Waals surface area contributed by atoms with Gasteiger partial charge in [-0.05, 0) is 39.0 Å². The molecule has 0 aliphatic carbocycles. The molecule has 3 amide bonds. The molecular weight excluding hydrogens is 414 g/mol. The zero-order chi connectivity index (χ0) is 19.7. The molecule has 8 heteroatoms. The Morgan fingerprint density at radius 3 is 2.37 bits per heavy atom. The molecule has 0 unspecified atom stereocenters. The number of fused-ring (bicyclic) bond motifs is 1. The Morgan fingerprint density at radius 1 is 1.11 bits per heavy atom. The molecule has 7 nitrogen and oxygen atoms in total. The van der Waals surface area contributed by atoms with Crippen molar-refractivity contribution in [1.29, 1.82) is 0 Å². The molecule has 2 aromatic rings. The second-order valence-corrected chi connectivity index (χ2v) is 7.82. The average Bonchev–Trinajstić information content (AvgIpc) is 2.96. The van der Waals surface area contributed by atoms with Gasteiger partial charge < -0.3 is 19.5 Å². The van der Waals surface area contributed by atoms with Gasteiger partial charge in [-0.3, -0.25) is 14.4 Å². The van der Waals surface area contributed by atoms with Crippen LogP contribution in [0.15, 0.2) is 27.1 Å². The van der Waals surface area contributed by atoms with Gasteiger partial charge in [-0.1, -0.05) is 15.9 Å². The Hall–Kier alpha value is -2.35. The lowest BCUT2D eigenvalue weighted by molar-refractivity contribution is -0.147. The number of benzene rings is 1. The fraction of sp³-hybridized carbons (Fsp3) is 0.421. The van der Waals surface area contributed by atoms with Crippen molar-refractivity contribution in [2.75, 3.05) is 26.2 Å². The standard InChI is InChI=1S/C19H22BrN3O4/c1-11(2)21-17(24)19(26)23-8-6-22(7-9-23)18(25)16-12(3)14-10-13(20)4-5-15(14)27-16/h4-5,10-11H,6-9H2,1-3H3,(H,21,24). The molecule has 1 aliphatic heterocycles. The fourth-order valence-corrected chi connectivity index (χ4v) is 3.48. The van der Waals surface area contributed by atoms with Crippen LogP contribution < -0.4 is 5.32 Å². The number of carbonyl (C=O) groups excluding carboxylic acids is 3. The number of nitrogens with zero attached hydrogens (tertiary/aromatic N) is 2. The molecule has 1 aromatic carbocycles. The minimum absolute atomic E-state index is 0.0968. The molecule has 1 saturated heterocycles. The zero-order valence-electron chi connectivity index (χ0n) is 15.5. The predicted molar refractivity (Wildman–Crippen MR) is 104 cm³/mol. The monoisotopic (exact) mass is 435 g/mol. The first-order valence-electron chi connectivity index (χ1n) is 8.85. The summed E-state index contributed by atoms with van der Waals surface area (Å²) < 4.78 is 6.69. The highest BCUT2D eigenvalue weighted by Gasteiger charge is 2.30. The van der Waals surface area contributed by atoms with Crippen LogP contribution in [0.5, 0.6) is 0 Å². The highest BCUT2D eigenvalue weighted by Crippen LogP contribution is 2.29. The molecule has 1 N–H and O–H groups in total. The van der Waals surface area contributed by atoms with Crippen molar-refractivity contribution in [3.05, 3.63) is 34.0 Å². The normalized spacial score (nSPS) is 14.7. The topological polar surface area (TPSA) is 82.9 Å². The van der Waals surface area contributed by atoms with Crippen LogP contribution in [0.25, 0.3) is 11.0 Å². The smallest absolute Gasteiger partial charge is 0.312 e. The first-order valence-corrected chi connectivity index (χ1v) is 9.65. The average molecular weight is 436 g/mol. The minimum Gasteiger partial charge on any atom is -0.451 e. The number of rotatable bonds is 2. The lowest BCUT2D eigenvalue weighted by atomic mass is 10.1. The quantitative estimate of drug-likeness (QED) is 0.733. The summed E-state index contributed by atoms with van der Waals surface area (Å²) in [6.07, 6.45) is 0. The van der Waals surface area contributed by atoms with Crippen molar-refractivity contribution in [3.63, 3.8) is 0 Å². The molecule has 0 spiro atoms. The van der Waals surface area contributed by atoms with Gasteiger partial charge in [0.05, 0.1) is 0 Å². The lowest BCUT2D eigenvalue weighted by Crippen LogP contribution is -2.54. The molecular formula is C19H22BrN3O4. The van der Waals surface area contributed by atoms with E-state index in [1.165, 1.54) is 4.90 Å². The maximum atomic E-state index is 12.9. The summed E-state index contributed by atoms with van der Waals surface area (Å²) in [5.41, 5.74) is 1.46. The number of piperazine rings is 1. The third-order valence-corrected chi connectivity index (χ3v) is 5.05. The summed E-state index contributed by atoms with van der Waals surface area (Å²) in [5.74, 6) is -1.04. The van der Waals surface area contributed by atoms with Crippen LogP contribution in [-0.2, 0) is 9.59 Å². The lowest BCUT2D eigenvalue weighted by Gasteiger charge is -2.34. The van der Waals surface area contributed by atoms with Crippen LogP contribution >= 0.6 is 15.9 Å². The van der Waals surface area contributed by atoms with Gasteiger partial charge in [0.1, 0.15) is 5.58 Å². The van der Waals surface area contributed by atoms with Gasteiger partial charge in [0.25, 0.3) is 5.91 Å². The van der Waals surface area contributed by atoms with E-state index in [-0.39, 0.29) is 11.9 Å². The maximum Gasteiger partial charge on any atom is 0.312 e. The van der Waals surface area contributed by atoms with Crippen molar-refractivity contribution in [2.45, 2.75) is 26.8 Å². The maximum absolute atomic E-state index is 12.9. The second kappa shape index (κ2) is 7.72. The largest absolute Gasteiger partial charge is 0.451 e. The molecule has 27 heavy (non-hydrogen) atoms. The molecule has 0 saturated carbocycles. The number of furan rings is 1. The van der Waals surface area contributed by atoms with E-state index in [1.807, 2.05) is 25.1 Å². The van der Waals surface area contributed by atoms with Crippen LogP contribution in [0.2, 0.25) is 0 Å². The second-order valence-electron chi connectivity index (χ2n) is 6.91.